The highest BCUT2D eigenvalue weighted by Gasteiger charge is 2.45. The number of fused-ring (bicyclic) bond motifs is 1. The molecule has 1 saturated heterocycles. The van der Waals surface area contributed by atoms with Gasteiger partial charge >= 0.3 is 5.97 Å². The highest BCUT2D eigenvalue weighted by atomic mass is 16.5. The van der Waals surface area contributed by atoms with E-state index in [4.69, 9.17) is 4.74 Å². The lowest BCUT2D eigenvalue weighted by Gasteiger charge is -2.46. The number of rotatable bonds is 3. The highest BCUT2D eigenvalue weighted by Crippen LogP contribution is 2.40. The lowest BCUT2D eigenvalue weighted by atomic mass is 9.82. The van der Waals surface area contributed by atoms with Crippen molar-refractivity contribution in [3.8, 4) is 5.75 Å². The maximum atomic E-state index is 12.9. The molecule has 2 heterocycles. The van der Waals surface area contributed by atoms with Gasteiger partial charge in [0, 0.05) is 18.7 Å². The molecule has 5 heteroatoms. The first-order valence-corrected chi connectivity index (χ1v) is 9.95. The van der Waals surface area contributed by atoms with Gasteiger partial charge in [0.05, 0.1) is 19.1 Å². The number of carbonyl (C=O) groups excluding carboxylic acids is 2. The van der Waals surface area contributed by atoms with Crippen molar-refractivity contribution in [3.05, 3.63) is 35.4 Å². The van der Waals surface area contributed by atoms with Crippen molar-refractivity contribution in [2.45, 2.75) is 56.6 Å². The first kappa shape index (κ1) is 18.2. The molecular formula is C22H27NO4. The van der Waals surface area contributed by atoms with E-state index in [0.29, 0.717) is 23.8 Å². The quantitative estimate of drug-likeness (QED) is 0.602. The number of esters is 1. The summed E-state index contributed by atoms with van der Waals surface area (Å²) in [4.78, 5) is 26.8. The van der Waals surface area contributed by atoms with Crippen molar-refractivity contribution < 1.29 is 19.1 Å². The molecule has 2 aliphatic heterocycles. The zero-order chi connectivity index (χ0) is 18.9. The number of Topliss-reactive ketones (excluding diaryl/α,β-unsaturated/α-hetero) is 1. The predicted octanol–water partition coefficient (Wildman–Crippen LogP) is 3.62. The van der Waals surface area contributed by atoms with Crippen molar-refractivity contribution >= 4 is 17.8 Å². The zero-order valence-electron chi connectivity index (χ0n) is 15.9. The second kappa shape index (κ2) is 7.47. The number of ketones is 1. The smallest absolute Gasteiger partial charge is 0.330 e. The molecule has 0 amide bonds. The van der Waals surface area contributed by atoms with Gasteiger partial charge in [-0.2, -0.15) is 0 Å². The number of ether oxygens (including phenoxy) is 2. The van der Waals surface area contributed by atoms with E-state index in [-0.39, 0.29) is 11.4 Å². The van der Waals surface area contributed by atoms with Crippen LogP contribution in [0, 0.1) is 0 Å². The van der Waals surface area contributed by atoms with Gasteiger partial charge in [-0.05, 0) is 56.0 Å². The second-order valence-electron chi connectivity index (χ2n) is 8.01. The molecule has 0 aromatic heterocycles. The molecule has 0 N–H and O–H groups in total. The first-order valence-electron chi connectivity index (χ1n) is 9.95. The molecule has 1 aromatic rings. The third-order valence-electron chi connectivity index (χ3n) is 6.14. The minimum absolute atomic E-state index is 0.137. The van der Waals surface area contributed by atoms with E-state index in [1.807, 2.05) is 18.2 Å². The average Bonchev–Trinajstić information content (AvgIpc) is 3.21. The van der Waals surface area contributed by atoms with Crippen LogP contribution in [0.15, 0.2) is 24.3 Å². The van der Waals surface area contributed by atoms with E-state index in [2.05, 4.69) is 9.64 Å². The van der Waals surface area contributed by atoms with Gasteiger partial charge in [-0.25, -0.2) is 4.79 Å². The maximum absolute atomic E-state index is 12.9. The van der Waals surface area contributed by atoms with E-state index in [9.17, 15) is 9.59 Å². The molecule has 27 heavy (non-hydrogen) atoms. The summed E-state index contributed by atoms with van der Waals surface area (Å²) in [5.41, 5.74) is 1.03. The number of hydrogen-bond donors (Lipinski definition) is 0. The summed E-state index contributed by atoms with van der Waals surface area (Å²) in [5, 5.41) is 0. The molecule has 1 saturated carbocycles. The monoisotopic (exact) mass is 369 g/mol. The zero-order valence-corrected chi connectivity index (χ0v) is 15.9. The standard InChI is InChI=1S/C22H27NO4/c1-26-21(25)10-8-16-7-9-20-18(13-16)19(24)14-22(27-20)11-4-12-23(15-22)17-5-2-3-6-17/h7-10,13,17H,2-6,11-12,14-15H2,1H3. The molecule has 4 rings (SSSR count). The fourth-order valence-corrected chi connectivity index (χ4v) is 4.79. The molecule has 1 spiro atoms. The fraction of sp³-hybridized carbons (Fsp3) is 0.545. The molecule has 1 unspecified atom stereocenters. The van der Waals surface area contributed by atoms with Crippen molar-refractivity contribution in [1.29, 1.82) is 0 Å². The van der Waals surface area contributed by atoms with Gasteiger partial charge in [0.2, 0.25) is 0 Å². The van der Waals surface area contributed by atoms with Crippen LogP contribution in [0.1, 0.15) is 60.9 Å². The number of likely N-dealkylation sites (tertiary alicyclic amines) is 1. The number of hydrogen-bond acceptors (Lipinski definition) is 5. The van der Waals surface area contributed by atoms with E-state index >= 15 is 0 Å². The molecule has 0 radical (unpaired) electrons. The SMILES string of the molecule is COC(=O)C=Cc1ccc2c(c1)C(=O)CC1(CCCN(C3CCCC3)C1)O2. The average molecular weight is 369 g/mol. The van der Waals surface area contributed by atoms with Gasteiger partial charge in [0.1, 0.15) is 11.4 Å². The maximum Gasteiger partial charge on any atom is 0.330 e. The van der Waals surface area contributed by atoms with Crippen molar-refractivity contribution in [1.82, 2.24) is 4.90 Å². The van der Waals surface area contributed by atoms with Gasteiger partial charge in [0.15, 0.2) is 5.78 Å². The molecule has 0 bridgehead atoms. The third-order valence-corrected chi connectivity index (χ3v) is 6.14. The van der Waals surface area contributed by atoms with Crippen molar-refractivity contribution in [2.24, 2.45) is 0 Å². The molecule has 1 aliphatic carbocycles. The summed E-state index contributed by atoms with van der Waals surface area (Å²) in [6, 6.07) is 6.21. The highest BCUT2D eigenvalue weighted by molar-refractivity contribution is 6.01. The Labute approximate surface area is 160 Å². The van der Waals surface area contributed by atoms with Crippen LogP contribution < -0.4 is 4.74 Å². The van der Waals surface area contributed by atoms with Gasteiger partial charge in [-0.15, -0.1) is 0 Å². The van der Waals surface area contributed by atoms with Crippen LogP contribution in [-0.4, -0.2) is 48.5 Å². The predicted molar refractivity (Wildman–Crippen MR) is 103 cm³/mol. The van der Waals surface area contributed by atoms with Crippen LogP contribution in [0.2, 0.25) is 0 Å². The van der Waals surface area contributed by atoms with Crippen LogP contribution in [-0.2, 0) is 9.53 Å². The Morgan fingerprint density at radius 2 is 2.11 bits per heavy atom. The van der Waals surface area contributed by atoms with Crippen LogP contribution in [0.5, 0.6) is 5.75 Å². The van der Waals surface area contributed by atoms with Gasteiger partial charge < -0.3 is 9.47 Å². The second-order valence-corrected chi connectivity index (χ2v) is 8.01. The summed E-state index contributed by atoms with van der Waals surface area (Å²) in [6.07, 6.45) is 10.7. The van der Waals surface area contributed by atoms with Crippen LogP contribution >= 0.6 is 0 Å². The molecule has 3 aliphatic rings. The normalized spacial score (nSPS) is 26.3. The number of carbonyl (C=O) groups is 2. The Hall–Kier alpha value is -2.14. The van der Waals surface area contributed by atoms with Gasteiger partial charge in [0.25, 0.3) is 0 Å². The van der Waals surface area contributed by atoms with Crippen LogP contribution in [0.25, 0.3) is 6.08 Å². The van der Waals surface area contributed by atoms with E-state index in [0.717, 1.165) is 31.5 Å². The Kier molecular flexibility index (Phi) is 5.04. The number of piperidine rings is 1. The summed E-state index contributed by atoms with van der Waals surface area (Å²) in [7, 11) is 1.34. The van der Waals surface area contributed by atoms with Crippen LogP contribution in [0.4, 0.5) is 0 Å². The Morgan fingerprint density at radius 1 is 1.30 bits per heavy atom. The molecule has 2 fully saturated rings. The Balaban J connectivity index is 1.53. The molecule has 1 aromatic carbocycles. The fourth-order valence-electron chi connectivity index (χ4n) is 4.79. The van der Waals surface area contributed by atoms with E-state index in [1.54, 1.807) is 6.08 Å². The summed E-state index contributed by atoms with van der Waals surface area (Å²) in [5.74, 6) is 0.399. The molecule has 5 nitrogen and oxygen atoms in total. The summed E-state index contributed by atoms with van der Waals surface area (Å²) in [6.45, 7) is 1.97. The minimum atomic E-state index is -0.413. The Bertz CT molecular complexity index is 766. The van der Waals surface area contributed by atoms with Crippen molar-refractivity contribution in [2.75, 3.05) is 20.2 Å². The topological polar surface area (TPSA) is 55.8 Å². The lowest BCUT2D eigenvalue weighted by Crippen LogP contribution is -2.56. The molecule has 144 valence electrons. The molecule has 1 atom stereocenters. The number of nitrogens with zero attached hydrogens (tertiary/aromatic N) is 1. The van der Waals surface area contributed by atoms with E-state index in [1.165, 1.54) is 38.9 Å². The first-order chi connectivity index (χ1) is 13.1. The summed E-state index contributed by atoms with van der Waals surface area (Å²) < 4.78 is 11.1. The third kappa shape index (κ3) is 3.79. The Morgan fingerprint density at radius 3 is 2.89 bits per heavy atom. The van der Waals surface area contributed by atoms with Crippen molar-refractivity contribution in [3.63, 3.8) is 0 Å². The minimum Gasteiger partial charge on any atom is -0.485 e. The number of benzene rings is 1. The van der Waals surface area contributed by atoms with Gasteiger partial charge in [-0.1, -0.05) is 18.9 Å². The van der Waals surface area contributed by atoms with E-state index < -0.39 is 5.97 Å². The summed E-state index contributed by atoms with van der Waals surface area (Å²) >= 11 is 0. The largest absolute Gasteiger partial charge is 0.485 e. The van der Waals surface area contributed by atoms with Gasteiger partial charge in [-0.3, -0.25) is 9.69 Å². The van der Waals surface area contributed by atoms with Crippen LogP contribution in [0.3, 0.4) is 0 Å². The molecular weight excluding hydrogens is 342 g/mol. The number of methoxy groups -OCH3 is 1. The lowest BCUT2D eigenvalue weighted by molar-refractivity contribution is -0.134.